The van der Waals surface area contributed by atoms with E-state index >= 15 is 0 Å². The normalized spacial score (nSPS) is 27.4. The van der Waals surface area contributed by atoms with E-state index < -0.39 is 5.60 Å². The fourth-order valence-electron chi connectivity index (χ4n) is 3.10. The minimum atomic E-state index is -0.617. The third-order valence-electron chi connectivity index (χ3n) is 4.01. The van der Waals surface area contributed by atoms with E-state index in [1.807, 2.05) is 20.0 Å². The van der Waals surface area contributed by atoms with Crippen molar-refractivity contribution >= 4 is 5.78 Å². The fourth-order valence-corrected chi connectivity index (χ4v) is 3.10. The summed E-state index contributed by atoms with van der Waals surface area (Å²) < 4.78 is 7.70. The summed E-state index contributed by atoms with van der Waals surface area (Å²) >= 11 is 0. The second-order valence-electron chi connectivity index (χ2n) is 5.54. The van der Waals surface area contributed by atoms with E-state index in [1.54, 1.807) is 10.9 Å². The largest absolute Gasteiger partial charge is 0.367 e. The predicted molar refractivity (Wildman–Crippen MR) is 74.2 cm³/mol. The highest BCUT2D eigenvalue weighted by Gasteiger charge is 2.43. The second kappa shape index (κ2) is 5.87. The van der Waals surface area contributed by atoms with Gasteiger partial charge in [-0.3, -0.25) is 9.48 Å². The van der Waals surface area contributed by atoms with Crippen LogP contribution in [0.3, 0.4) is 0 Å². The molecule has 1 heterocycles. The summed E-state index contributed by atoms with van der Waals surface area (Å²) in [6.45, 7) is 7.55. The van der Waals surface area contributed by atoms with Crippen LogP contribution in [0.5, 0.6) is 0 Å². The van der Waals surface area contributed by atoms with Crippen molar-refractivity contribution in [1.82, 2.24) is 9.78 Å². The highest BCUT2D eigenvalue weighted by Crippen LogP contribution is 2.37. The zero-order chi connectivity index (χ0) is 13.9. The number of aryl methyl sites for hydroxylation is 1. The molecule has 1 aliphatic carbocycles. The smallest absolute Gasteiger partial charge is 0.197 e. The maximum absolute atomic E-state index is 12.8. The molecule has 0 bridgehead atoms. The van der Waals surface area contributed by atoms with Gasteiger partial charge in [0, 0.05) is 19.3 Å². The van der Waals surface area contributed by atoms with Gasteiger partial charge in [0.15, 0.2) is 5.78 Å². The van der Waals surface area contributed by atoms with Gasteiger partial charge in [0.05, 0.1) is 11.8 Å². The van der Waals surface area contributed by atoms with Gasteiger partial charge in [0.1, 0.15) is 5.60 Å². The molecule has 2 rings (SSSR count). The van der Waals surface area contributed by atoms with Gasteiger partial charge in [0.2, 0.25) is 0 Å². The van der Waals surface area contributed by atoms with E-state index in [0.717, 1.165) is 25.8 Å². The lowest BCUT2D eigenvalue weighted by molar-refractivity contribution is -0.0511. The van der Waals surface area contributed by atoms with Crippen molar-refractivity contribution in [3.05, 3.63) is 18.0 Å². The van der Waals surface area contributed by atoms with Crippen LogP contribution in [-0.2, 0) is 11.3 Å². The Labute approximate surface area is 115 Å². The molecular weight excluding hydrogens is 240 g/mol. The van der Waals surface area contributed by atoms with Gasteiger partial charge in [-0.1, -0.05) is 13.3 Å². The lowest BCUT2D eigenvalue weighted by Gasteiger charge is -2.38. The standard InChI is InChI=1S/C15H24N2O2/c1-4-17-11-13(10-16-17)14(18)15(19-5-2)8-6-7-12(3)9-15/h10-12H,4-9H2,1-3H3. The van der Waals surface area contributed by atoms with E-state index in [0.29, 0.717) is 18.1 Å². The van der Waals surface area contributed by atoms with Gasteiger partial charge in [0.25, 0.3) is 0 Å². The van der Waals surface area contributed by atoms with Crippen molar-refractivity contribution in [2.45, 2.75) is 58.6 Å². The van der Waals surface area contributed by atoms with Crippen molar-refractivity contribution in [2.24, 2.45) is 5.92 Å². The van der Waals surface area contributed by atoms with E-state index in [4.69, 9.17) is 4.74 Å². The minimum absolute atomic E-state index is 0.112. The van der Waals surface area contributed by atoms with Crippen molar-refractivity contribution in [3.8, 4) is 0 Å². The number of Topliss-reactive ketones (excluding diaryl/α,β-unsaturated/α-hetero) is 1. The monoisotopic (exact) mass is 264 g/mol. The molecule has 19 heavy (non-hydrogen) atoms. The summed E-state index contributed by atoms with van der Waals surface area (Å²) in [5.74, 6) is 0.658. The van der Waals surface area contributed by atoms with Gasteiger partial charge in [-0.05, 0) is 39.0 Å². The number of hydrogen-bond donors (Lipinski definition) is 0. The maximum Gasteiger partial charge on any atom is 0.197 e. The highest BCUT2D eigenvalue weighted by molar-refractivity contribution is 6.02. The van der Waals surface area contributed by atoms with Crippen LogP contribution in [0.4, 0.5) is 0 Å². The Kier molecular flexibility index (Phi) is 4.40. The lowest BCUT2D eigenvalue weighted by Crippen LogP contribution is -2.45. The first-order valence-electron chi connectivity index (χ1n) is 7.32. The first kappa shape index (κ1) is 14.3. The molecule has 106 valence electrons. The van der Waals surface area contributed by atoms with E-state index in [2.05, 4.69) is 12.0 Å². The van der Waals surface area contributed by atoms with Crippen LogP contribution in [0, 0.1) is 5.92 Å². The van der Waals surface area contributed by atoms with Crippen LogP contribution in [-0.4, -0.2) is 27.8 Å². The van der Waals surface area contributed by atoms with Crippen molar-refractivity contribution < 1.29 is 9.53 Å². The van der Waals surface area contributed by atoms with Crippen LogP contribution in [0.2, 0.25) is 0 Å². The number of hydrogen-bond acceptors (Lipinski definition) is 3. The zero-order valence-electron chi connectivity index (χ0n) is 12.2. The molecule has 0 N–H and O–H groups in total. The molecule has 0 aromatic carbocycles. The molecule has 1 aliphatic rings. The number of carbonyl (C=O) groups excluding carboxylic acids is 1. The summed E-state index contributed by atoms with van der Waals surface area (Å²) in [6.07, 6.45) is 7.43. The summed E-state index contributed by atoms with van der Waals surface area (Å²) in [5.41, 5.74) is 0.0676. The molecule has 1 saturated carbocycles. The van der Waals surface area contributed by atoms with Crippen LogP contribution < -0.4 is 0 Å². The Balaban J connectivity index is 2.25. The Morgan fingerprint density at radius 2 is 2.37 bits per heavy atom. The summed E-state index contributed by atoms with van der Waals surface area (Å²) in [5, 5.41) is 4.20. The number of ether oxygens (including phenoxy) is 1. The Morgan fingerprint density at radius 1 is 1.58 bits per heavy atom. The number of aromatic nitrogens is 2. The molecule has 0 radical (unpaired) electrons. The van der Waals surface area contributed by atoms with Crippen molar-refractivity contribution in [1.29, 1.82) is 0 Å². The number of rotatable bonds is 5. The van der Waals surface area contributed by atoms with Gasteiger partial charge in [-0.2, -0.15) is 5.10 Å². The molecule has 0 saturated heterocycles. The third kappa shape index (κ3) is 2.89. The van der Waals surface area contributed by atoms with Gasteiger partial charge in [-0.15, -0.1) is 0 Å². The van der Waals surface area contributed by atoms with E-state index in [-0.39, 0.29) is 5.78 Å². The predicted octanol–water partition coefficient (Wildman–Crippen LogP) is 3.07. The number of ketones is 1. The zero-order valence-corrected chi connectivity index (χ0v) is 12.2. The Bertz CT molecular complexity index is 437. The SMILES string of the molecule is CCOC1(C(=O)c2cnn(CC)c2)CCCC(C)C1. The van der Waals surface area contributed by atoms with Crippen molar-refractivity contribution in [2.75, 3.05) is 6.61 Å². The molecule has 1 aromatic rings. The van der Waals surface area contributed by atoms with Gasteiger partial charge in [-0.25, -0.2) is 0 Å². The topological polar surface area (TPSA) is 44.1 Å². The molecular formula is C15H24N2O2. The highest BCUT2D eigenvalue weighted by atomic mass is 16.5. The molecule has 0 amide bonds. The molecule has 1 aromatic heterocycles. The average Bonchev–Trinajstić information content (AvgIpc) is 2.87. The minimum Gasteiger partial charge on any atom is -0.367 e. The molecule has 4 heteroatoms. The summed E-state index contributed by atoms with van der Waals surface area (Å²) in [6, 6.07) is 0. The van der Waals surface area contributed by atoms with E-state index in [1.165, 1.54) is 6.42 Å². The van der Waals surface area contributed by atoms with Gasteiger partial charge >= 0.3 is 0 Å². The van der Waals surface area contributed by atoms with E-state index in [9.17, 15) is 4.79 Å². The molecule has 2 unspecified atom stereocenters. The average molecular weight is 264 g/mol. The molecule has 0 spiro atoms. The molecule has 2 atom stereocenters. The fraction of sp³-hybridized carbons (Fsp3) is 0.733. The summed E-state index contributed by atoms with van der Waals surface area (Å²) in [7, 11) is 0. The van der Waals surface area contributed by atoms with Gasteiger partial charge < -0.3 is 4.74 Å². The summed E-state index contributed by atoms with van der Waals surface area (Å²) in [4.78, 5) is 12.8. The Hall–Kier alpha value is -1.16. The lowest BCUT2D eigenvalue weighted by atomic mass is 9.75. The van der Waals surface area contributed by atoms with Crippen LogP contribution in [0.25, 0.3) is 0 Å². The number of carbonyl (C=O) groups is 1. The molecule has 4 nitrogen and oxygen atoms in total. The molecule has 0 aliphatic heterocycles. The van der Waals surface area contributed by atoms with Crippen LogP contribution in [0.1, 0.15) is 56.8 Å². The maximum atomic E-state index is 12.8. The Morgan fingerprint density at radius 3 is 2.95 bits per heavy atom. The third-order valence-corrected chi connectivity index (χ3v) is 4.01. The second-order valence-corrected chi connectivity index (χ2v) is 5.54. The van der Waals surface area contributed by atoms with Crippen LogP contribution in [0.15, 0.2) is 12.4 Å². The first-order valence-corrected chi connectivity index (χ1v) is 7.32. The van der Waals surface area contributed by atoms with Crippen molar-refractivity contribution in [3.63, 3.8) is 0 Å². The quantitative estimate of drug-likeness (QED) is 0.768. The first-order chi connectivity index (χ1) is 9.11. The number of nitrogens with zero attached hydrogens (tertiary/aromatic N) is 2. The van der Waals surface area contributed by atoms with Crippen LogP contribution >= 0.6 is 0 Å². The molecule has 1 fully saturated rings.